The summed E-state index contributed by atoms with van der Waals surface area (Å²) in [5, 5.41) is 18.2. The molecule has 2 aliphatic heterocycles. The minimum absolute atomic E-state index is 0.00923. The van der Waals surface area contributed by atoms with Crippen LogP contribution in [0.1, 0.15) is 24.6 Å². The van der Waals surface area contributed by atoms with Crippen molar-refractivity contribution in [1.82, 2.24) is 14.9 Å². The number of fused-ring (bicyclic) bond motifs is 1. The van der Waals surface area contributed by atoms with Gasteiger partial charge in [-0.15, -0.1) is 0 Å². The molecule has 2 amide bonds. The van der Waals surface area contributed by atoms with Gasteiger partial charge in [-0.1, -0.05) is 11.8 Å². The zero-order valence-electron chi connectivity index (χ0n) is 17.1. The van der Waals surface area contributed by atoms with Crippen molar-refractivity contribution < 1.29 is 33.1 Å². The van der Waals surface area contributed by atoms with Gasteiger partial charge >= 0.3 is 6.03 Å². The second-order valence-electron chi connectivity index (χ2n) is 7.92. The van der Waals surface area contributed by atoms with Gasteiger partial charge in [0.2, 0.25) is 0 Å². The van der Waals surface area contributed by atoms with Crippen LogP contribution in [0.3, 0.4) is 0 Å². The van der Waals surface area contributed by atoms with E-state index in [2.05, 4.69) is 23.7 Å². The molecule has 0 unspecified atom stereocenters. The van der Waals surface area contributed by atoms with E-state index in [1.54, 1.807) is 12.3 Å². The third kappa shape index (κ3) is 4.31. The molecule has 11 heteroatoms. The molecule has 3 N–H and O–H groups in total. The van der Waals surface area contributed by atoms with Crippen molar-refractivity contribution in [2.75, 3.05) is 32.6 Å². The highest BCUT2D eigenvalue weighted by atomic mass is 32.2. The van der Waals surface area contributed by atoms with Crippen molar-refractivity contribution in [1.29, 1.82) is 0 Å². The van der Waals surface area contributed by atoms with Gasteiger partial charge in [-0.3, -0.25) is 14.6 Å². The number of amides is 2. The van der Waals surface area contributed by atoms with Gasteiger partial charge in [-0.2, -0.15) is 0 Å². The average molecular weight is 449 g/mol. The first-order valence-electron chi connectivity index (χ1n) is 9.42. The molecule has 1 saturated heterocycles. The van der Waals surface area contributed by atoms with E-state index < -0.39 is 25.9 Å². The van der Waals surface area contributed by atoms with Crippen LogP contribution in [0.5, 0.6) is 0 Å². The Morgan fingerprint density at radius 2 is 2.10 bits per heavy atom. The standard InChI is InChI=1S/C20H23N3O7S/c1-19(17(25)21-27,31(2,28)29)7-8-22-11-16-9-15(10-23(16)18(22)26)5-3-4-6-20(12-24)13-30-14-20/h9-10,24,27H,7-8,11-14H2,1-2H3,(H,21,25)/t19-/m1/s1. The maximum Gasteiger partial charge on any atom is 0.328 e. The number of carbonyl (C=O) groups excluding carboxylic acids is 2. The van der Waals surface area contributed by atoms with E-state index in [1.807, 2.05) is 0 Å². The van der Waals surface area contributed by atoms with E-state index in [-0.39, 0.29) is 32.1 Å². The first-order chi connectivity index (χ1) is 14.5. The molecule has 0 aromatic carbocycles. The Morgan fingerprint density at radius 1 is 1.39 bits per heavy atom. The van der Waals surface area contributed by atoms with Gasteiger partial charge < -0.3 is 14.7 Å². The third-order valence-corrected chi connectivity index (χ3v) is 7.67. The van der Waals surface area contributed by atoms with E-state index in [9.17, 15) is 23.1 Å². The molecule has 2 aliphatic rings. The lowest BCUT2D eigenvalue weighted by molar-refractivity contribution is -0.131. The summed E-state index contributed by atoms with van der Waals surface area (Å²) in [6.07, 6.45) is 2.30. The summed E-state index contributed by atoms with van der Waals surface area (Å²) in [5.74, 6) is 10.1. The topological polar surface area (TPSA) is 138 Å². The number of hydrogen-bond acceptors (Lipinski definition) is 7. The Hall–Kier alpha value is -2.83. The fourth-order valence-electron chi connectivity index (χ4n) is 3.22. The molecule has 0 radical (unpaired) electrons. The lowest BCUT2D eigenvalue weighted by Gasteiger charge is -2.34. The molecular weight excluding hydrogens is 426 g/mol. The maximum absolute atomic E-state index is 12.6. The van der Waals surface area contributed by atoms with E-state index in [1.165, 1.54) is 21.9 Å². The first-order valence-corrected chi connectivity index (χ1v) is 11.3. The molecule has 1 aromatic heterocycles. The fraction of sp³-hybridized carbons (Fsp3) is 0.500. The van der Waals surface area contributed by atoms with Gasteiger partial charge in [0, 0.05) is 30.3 Å². The zero-order chi connectivity index (χ0) is 22.9. The number of nitrogens with zero attached hydrogens (tertiary/aromatic N) is 2. The lowest BCUT2D eigenvalue weighted by atomic mass is 9.88. The van der Waals surface area contributed by atoms with Crippen molar-refractivity contribution in [2.24, 2.45) is 5.41 Å². The molecule has 1 atom stereocenters. The number of hydroxylamine groups is 1. The van der Waals surface area contributed by atoms with Crippen LogP contribution in [-0.4, -0.2) is 77.5 Å². The van der Waals surface area contributed by atoms with Gasteiger partial charge in [-0.05, 0) is 31.3 Å². The molecule has 31 heavy (non-hydrogen) atoms. The molecule has 10 nitrogen and oxygen atoms in total. The van der Waals surface area contributed by atoms with Crippen LogP contribution in [-0.2, 0) is 25.9 Å². The van der Waals surface area contributed by atoms with Gasteiger partial charge in [0.05, 0.1) is 26.4 Å². The smallest absolute Gasteiger partial charge is 0.328 e. The van der Waals surface area contributed by atoms with Crippen LogP contribution in [0.25, 0.3) is 0 Å². The highest BCUT2D eigenvalue weighted by molar-refractivity contribution is 7.92. The Bertz CT molecular complexity index is 1120. The van der Waals surface area contributed by atoms with E-state index >= 15 is 0 Å². The summed E-state index contributed by atoms with van der Waals surface area (Å²) in [6.45, 7) is 2.11. The number of hydrogen-bond donors (Lipinski definition) is 3. The van der Waals surface area contributed by atoms with Gasteiger partial charge in [0.25, 0.3) is 5.91 Å². The Kier molecular flexibility index (Phi) is 6.16. The molecule has 0 aliphatic carbocycles. The van der Waals surface area contributed by atoms with Gasteiger partial charge in [0.15, 0.2) is 14.6 Å². The average Bonchev–Trinajstić information content (AvgIpc) is 3.22. The minimum Gasteiger partial charge on any atom is -0.395 e. The van der Waals surface area contributed by atoms with Crippen LogP contribution in [0.2, 0.25) is 0 Å². The van der Waals surface area contributed by atoms with Gasteiger partial charge in [-0.25, -0.2) is 18.7 Å². The summed E-state index contributed by atoms with van der Waals surface area (Å²) in [6, 6.07) is 1.37. The number of sulfone groups is 1. The molecule has 0 bridgehead atoms. The fourth-order valence-corrected chi connectivity index (χ4v) is 4.06. The van der Waals surface area contributed by atoms with Crippen molar-refractivity contribution in [3.8, 4) is 23.7 Å². The molecule has 166 valence electrons. The van der Waals surface area contributed by atoms with Crippen LogP contribution < -0.4 is 5.48 Å². The predicted octanol–water partition coefficient (Wildman–Crippen LogP) is -0.666. The molecule has 3 heterocycles. The summed E-state index contributed by atoms with van der Waals surface area (Å²) in [4.78, 5) is 26.0. The van der Waals surface area contributed by atoms with E-state index in [0.717, 1.165) is 6.26 Å². The van der Waals surface area contributed by atoms with Crippen molar-refractivity contribution in [2.45, 2.75) is 24.6 Å². The maximum atomic E-state index is 12.6. The lowest BCUT2D eigenvalue weighted by Crippen LogP contribution is -2.50. The monoisotopic (exact) mass is 449 g/mol. The number of aliphatic hydroxyl groups excluding tert-OH is 1. The number of aromatic nitrogens is 1. The van der Waals surface area contributed by atoms with Crippen molar-refractivity contribution in [3.05, 3.63) is 23.5 Å². The summed E-state index contributed by atoms with van der Waals surface area (Å²) >= 11 is 0. The molecule has 3 rings (SSSR count). The quantitative estimate of drug-likeness (QED) is 0.298. The summed E-state index contributed by atoms with van der Waals surface area (Å²) in [5.41, 5.74) is 2.12. The number of ether oxygens (including phenoxy) is 1. The van der Waals surface area contributed by atoms with Gasteiger partial charge in [0.1, 0.15) is 5.41 Å². The Balaban J connectivity index is 1.66. The number of nitrogens with one attached hydrogen (secondary N) is 1. The zero-order valence-corrected chi connectivity index (χ0v) is 18.0. The summed E-state index contributed by atoms with van der Waals surface area (Å²) in [7, 11) is -3.84. The highest BCUT2D eigenvalue weighted by Gasteiger charge is 2.44. The Morgan fingerprint density at radius 3 is 2.61 bits per heavy atom. The van der Waals surface area contributed by atoms with Crippen LogP contribution in [0, 0.1) is 29.1 Å². The number of carbonyl (C=O) groups is 2. The van der Waals surface area contributed by atoms with Crippen molar-refractivity contribution in [3.63, 3.8) is 0 Å². The van der Waals surface area contributed by atoms with E-state index in [0.29, 0.717) is 24.5 Å². The first kappa shape index (κ1) is 22.8. The minimum atomic E-state index is -3.84. The SMILES string of the molecule is C[C@@](CCN1Cc2cc(C#CC#CC3(CO)COC3)cn2C1=O)(C(=O)NO)S(C)(=O)=O. The van der Waals surface area contributed by atoms with E-state index in [4.69, 9.17) is 9.94 Å². The van der Waals surface area contributed by atoms with Crippen LogP contribution in [0.15, 0.2) is 12.3 Å². The summed E-state index contributed by atoms with van der Waals surface area (Å²) < 4.78 is 28.7. The molecular formula is C20H23N3O7S. The van der Waals surface area contributed by atoms with Crippen LogP contribution >= 0.6 is 0 Å². The highest BCUT2D eigenvalue weighted by Crippen LogP contribution is 2.26. The third-order valence-electron chi connectivity index (χ3n) is 5.64. The van der Waals surface area contributed by atoms with Crippen molar-refractivity contribution >= 4 is 21.8 Å². The molecule has 0 saturated carbocycles. The number of rotatable bonds is 6. The number of aliphatic hydroxyl groups is 1. The molecule has 1 aromatic rings. The normalized spacial score (nSPS) is 18.6. The largest absolute Gasteiger partial charge is 0.395 e. The molecule has 0 spiro atoms. The second-order valence-corrected chi connectivity index (χ2v) is 10.4. The van der Waals surface area contributed by atoms with Crippen LogP contribution in [0.4, 0.5) is 4.79 Å². The molecule has 1 fully saturated rings. The Labute approximate surface area is 180 Å². The second kappa shape index (κ2) is 8.36. The predicted molar refractivity (Wildman–Crippen MR) is 108 cm³/mol.